The van der Waals surface area contributed by atoms with E-state index in [1.165, 1.54) is 29.5 Å². The molecule has 1 heterocycles. The van der Waals surface area contributed by atoms with Gasteiger partial charge in [-0.25, -0.2) is 5.32 Å². The summed E-state index contributed by atoms with van der Waals surface area (Å²) in [7, 11) is 0. The maximum Gasteiger partial charge on any atom is 0.0320 e. The molecule has 1 aromatic rings. The molecule has 2 rings (SSSR count). The monoisotopic (exact) mass is 200 g/mol. The predicted molar refractivity (Wildman–Crippen MR) is 64.9 cm³/mol. The van der Waals surface area contributed by atoms with Gasteiger partial charge < -0.3 is 0 Å². The van der Waals surface area contributed by atoms with Gasteiger partial charge in [0.25, 0.3) is 0 Å². The fourth-order valence-corrected chi connectivity index (χ4v) is 2.00. The fourth-order valence-electron chi connectivity index (χ4n) is 2.00. The van der Waals surface area contributed by atoms with E-state index in [1.54, 1.807) is 0 Å². The summed E-state index contributed by atoms with van der Waals surface area (Å²) in [6.45, 7) is 4.10. The Bertz CT molecular complexity index is 335. The first kappa shape index (κ1) is 10.4. The van der Waals surface area contributed by atoms with E-state index < -0.39 is 0 Å². The van der Waals surface area contributed by atoms with E-state index in [0.717, 1.165) is 19.5 Å². The number of hydrogen-bond acceptors (Lipinski definition) is 0. The van der Waals surface area contributed by atoms with Crippen molar-refractivity contribution in [3.8, 4) is 0 Å². The summed E-state index contributed by atoms with van der Waals surface area (Å²) in [6.07, 6.45) is 5.76. The number of nitrogens with zero attached hydrogens (tertiary/aromatic N) is 1. The van der Waals surface area contributed by atoms with Gasteiger partial charge in [0.2, 0.25) is 0 Å². The second-order valence-electron chi connectivity index (χ2n) is 4.06. The molecule has 0 aromatic heterocycles. The quantitative estimate of drug-likeness (QED) is 0.712. The van der Waals surface area contributed by atoms with Gasteiger partial charge >= 0.3 is 0 Å². The second kappa shape index (κ2) is 5.13. The Balaban J connectivity index is 2.12. The Morgan fingerprint density at radius 1 is 1.20 bits per heavy atom. The van der Waals surface area contributed by atoms with Gasteiger partial charge in [0.1, 0.15) is 0 Å². The molecule has 1 nitrogen and oxygen atoms in total. The number of hydrogen-bond donors (Lipinski definition) is 0. The van der Waals surface area contributed by atoms with Gasteiger partial charge in [-0.15, -0.1) is 0 Å². The van der Waals surface area contributed by atoms with Crippen molar-refractivity contribution >= 4 is 5.57 Å². The van der Waals surface area contributed by atoms with Gasteiger partial charge in [-0.2, -0.15) is 0 Å². The molecular weight excluding hydrogens is 182 g/mol. The Hall–Kier alpha value is -1.08. The van der Waals surface area contributed by atoms with Gasteiger partial charge in [0.05, 0.1) is 0 Å². The maximum absolute atomic E-state index is 4.32. The normalized spacial score (nSPS) is 16.2. The van der Waals surface area contributed by atoms with Crippen LogP contribution in [0.3, 0.4) is 0 Å². The third kappa shape index (κ3) is 2.69. The molecule has 0 atom stereocenters. The molecule has 1 aliphatic rings. The summed E-state index contributed by atoms with van der Waals surface area (Å²) < 4.78 is 0. The maximum atomic E-state index is 4.32. The van der Waals surface area contributed by atoms with E-state index in [1.807, 2.05) is 0 Å². The molecule has 0 saturated heterocycles. The largest absolute Gasteiger partial charge is 0.237 e. The van der Waals surface area contributed by atoms with Crippen LogP contribution >= 0.6 is 0 Å². The van der Waals surface area contributed by atoms with Crippen molar-refractivity contribution in [1.82, 2.24) is 5.32 Å². The average molecular weight is 200 g/mol. The highest BCUT2D eigenvalue weighted by atomic mass is 14.8. The zero-order valence-electron chi connectivity index (χ0n) is 9.37. The zero-order valence-corrected chi connectivity index (χ0v) is 9.37. The lowest BCUT2D eigenvalue weighted by Crippen LogP contribution is -2.12. The standard InChI is InChI=1S/C14H18N/c1-2-3-12-4-6-13(7-5-12)14-8-10-15-11-9-14/h4-8H,2-3,9-11H2,1H3. The molecule has 0 fully saturated rings. The van der Waals surface area contributed by atoms with Crippen LogP contribution in [0.2, 0.25) is 0 Å². The van der Waals surface area contributed by atoms with Gasteiger partial charge in [-0.1, -0.05) is 43.7 Å². The molecule has 1 heteroatoms. The highest BCUT2D eigenvalue weighted by molar-refractivity contribution is 5.66. The first-order valence-electron chi connectivity index (χ1n) is 5.81. The minimum atomic E-state index is 0.895. The minimum Gasteiger partial charge on any atom is -0.237 e. The van der Waals surface area contributed by atoms with Crippen LogP contribution in [-0.2, 0) is 6.42 Å². The van der Waals surface area contributed by atoms with Crippen molar-refractivity contribution in [2.75, 3.05) is 13.1 Å². The molecule has 1 aliphatic heterocycles. The van der Waals surface area contributed by atoms with Gasteiger partial charge in [0, 0.05) is 13.1 Å². The average Bonchev–Trinajstić information content (AvgIpc) is 2.32. The number of benzene rings is 1. The molecule has 0 unspecified atom stereocenters. The van der Waals surface area contributed by atoms with Crippen LogP contribution in [0.1, 0.15) is 30.9 Å². The number of rotatable bonds is 3. The highest BCUT2D eigenvalue weighted by Gasteiger charge is 2.05. The first-order valence-corrected chi connectivity index (χ1v) is 5.81. The van der Waals surface area contributed by atoms with E-state index in [-0.39, 0.29) is 0 Å². The molecule has 15 heavy (non-hydrogen) atoms. The molecule has 79 valence electrons. The van der Waals surface area contributed by atoms with E-state index in [0.29, 0.717) is 0 Å². The SMILES string of the molecule is CCCc1ccc(C2=CC[N]CC2)cc1. The van der Waals surface area contributed by atoms with Crippen molar-refractivity contribution in [3.63, 3.8) is 0 Å². The minimum absolute atomic E-state index is 0.895. The van der Waals surface area contributed by atoms with Crippen LogP contribution < -0.4 is 5.32 Å². The van der Waals surface area contributed by atoms with Crippen molar-refractivity contribution in [1.29, 1.82) is 0 Å². The lowest BCUT2D eigenvalue weighted by Gasteiger charge is -2.13. The number of aryl methyl sites for hydroxylation is 1. The Morgan fingerprint density at radius 3 is 2.60 bits per heavy atom. The fraction of sp³-hybridized carbons (Fsp3) is 0.429. The van der Waals surface area contributed by atoms with Crippen LogP contribution in [0, 0.1) is 0 Å². The third-order valence-corrected chi connectivity index (χ3v) is 2.87. The predicted octanol–water partition coefficient (Wildman–Crippen LogP) is 3.03. The van der Waals surface area contributed by atoms with E-state index in [9.17, 15) is 0 Å². The molecule has 0 amide bonds. The molecule has 1 aromatic carbocycles. The Kier molecular flexibility index (Phi) is 3.57. The lowest BCUT2D eigenvalue weighted by atomic mass is 9.98. The molecular formula is C14H18N. The van der Waals surface area contributed by atoms with E-state index in [4.69, 9.17) is 0 Å². The third-order valence-electron chi connectivity index (χ3n) is 2.87. The summed E-state index contributed by atoms with van der Waals surface area (Å²) in [6, 6.07) is 9.02. The van der Waals surface area contributed by atoms with Gasteiger partial charge in [-0.05, 0) is 29.5 Å². The Labute approximate surface area is 92.2 Å². The first-order chi connectivity index (χ1) is 7.40. The van der Waals surface area contributed by atoms with Crippen molar-refractivity contribution < 1.29 is 0 Å². The lowest BCUT2D eigenvalue weighted by molar-refractivity contribution is 0.723. The van der Waals surface area contributed by atoms with Crippen molar-refractivity contribution in [3.05, 3.63) is 41.5 Å². The molecule has 0 spiro atoms. The topological polar surface area (TPSA) is 14.1 Å². The molecule has 0 bridgehead atoms. The summed E-state index contributed by atoms with van der Waals surface area (Å²) >= 11 is 0. The summed E-state index contributed by atoms with van der Waals surface area (Å²) in [4.78, 5) is 0. The smallest absolute Gasteiger partial charge is 0.0320 e. The molecule has 0 N–H and O–H groups in total. The zero-order chi connectivity index (χ0) is 10.5. The summed E-state index contributed by atoms with van der Waals surface area (Å²) in [5.74, 6) is 0. The van der Waals surface area contributed by atoms with E-state index in [2.05, 4.69) is 42.6 Å². The molecule has 1 radical (unpaired) electrons. The van der Waals surface area contributed by atoms with Crippen LogP contribution in [0.5, 0.6) is 0 Å². The second-order valence-corrected chi connectivity index (χ2v) is 4.06. The summed E-state index contributed by atoms with van der Waals surface area (Å²) in [5, 5.41) is 4.32. The van der Waals surface area contributed by atoms with Crippen molar-refractivity contribution in [2.24, 2.45) is 0 Å². The molecule has 0 saturated carbocycles. The highest BCUT2D eigenvalue weighted by Crippen LogP contribution is 2.20. The van der Waals surface area contributed by atoms with Crippen LogP contribution in [-0.4, -0.2) is 13.1 Å². The van der Waals surface area contributed by atoms with Crippen molar-refractivity contribution in [2.45, 2.75) is 26.2 Å². The van der Waals surface area contributed by atoms with Crippen LogP contribution in [0.25, 0.3) is 5.57 Å². The van der Waals surface area contributed by atoms with Gasteiger partial charge in [0.15, 0.2) is 0 Å². The Morgan fingerprint density at radius 2 is 2.00 bits per heavy atom. The van der Waals surface area contributed by atoms with Crippen LogP contribution in [0.4, 0.5) is 0 Å². The van der Waals surface area contributed by atoms with E-state index >= 15 is 0 Å². The summed E-state index contributed by atoms with van der Waals surface area (Å²) in [5.41, 5.74) is 4.29. The van der Waals surface area contributed by atoms with Gasteiger partial charge in [-0.3, -0.25) is 0 Å². The molecule has 0 aliphatic carbocycles. The van der Waals surface area contributed by atoms with Crippen LogP contribution in [0.15, 0.2) is 30.3 Å².